The largest absolute Gasteiger partial charge is 0.256 e. The smallest absolute Gasteiger partial charge is 0.0701 e. The second-order valence-electron chi connectivity index (χ2n) is 13.8. The predicted octanol–water partition coefficient (Wildman–Crippen LogP) is 11.0. The molecule has 50 heavy (non-hydrogen) atoms. The SMILES string of the molecule is CC(C)(Cc1cc(CCc2ccc(-c3ccccn3)cc2)cc(CCc2ccc(-c3ccccn3)cc2)c1)c1ccc(-c2ccccn2)cc1. The molecule has 0 bridgehead atoms. The second-order valence-corrected chi connectivity index (χ2v) is 13.8. The summed E-state index contributed by atoms with van der Waals surface area (Å²) in [5.41, 5.74) is 14.7. The maximum atomic E-state index is 4.54. The molecule has 7 aromatic rings. The molecule has 0 atom stereocenters. The Hall–Kier alpha value is -5.67. The molecule has 3 aromatic heterocycles. The van der Waals surface area contributed by atoms with Crippen molar-refractivity contribution in [3.05, 3.63) is 198 Å². The molecule has 0 aliphatic rings. The Morgan fingerprint density at radius 3 is 1.12 bits per heavy atom. The van der Waals surface area contributed by atoms with Gasteiger partial charge in [-0.05, 0) is 107 Å². The zero-order chi connectivity index (χ0) is 34.2. The highest BCUT2D eigenvalue weighted by Crippen LogP contribution is 2.31. The van der Waals surface area contributed by atoms with Crippen LogP contribution in [0, 0.1) is 0 Å². The number of hydrogen-bond acceptors (Lipinski definition) is 3. The van der Waals surface area contributed by atoms with Crippen LogP contribution in [0.1, 0.15) is 47.2 Å². The van der Waals surface area contributed by atoms with E-state index in [1.54, 1.807) is 0 Å². The van der Waals surface area contributed by atoms with E-state index in [-0.39, 0.29) is 5.41 Å². The van der Waals surface area contributed by atoms with Gasteiger partial charge in [-0.15, -0.1) is 0 Å². The monoisotopic (exact) mass is 649 g/mol. The minimum atomic E-state index is -0.0266. The molecule has 0 fully saturated rings. The quantitative estimate of drug-likeness (QED) is 0.132. The summed E-state index contributed by atoms with van der Waals surface area (Å²) in [6, 6.07) is 52.3. The predicted molar refractivity (Wildman–Crippen MR) is 207 cm³/mol. The lowest BCUT2D eigenvalue weighted by Crippen LogP contribution is -2.20. The summed E-state index contributed by atoms with van der Waals surface area (Å²) in [6.45, 7) is 4.73. The molecule has 0 saturated heterocycles. The maximum Gasteiger partial charge on any atom is 0.0701 e. The lowest BCUT2D eigenvalue weighted by atomic mass is 9.78. The van der Waals surface area contributed by atoms with Gasteiger partial charge in [0.05, 0.1) is 17.1 Å². The lowest BCUT2D eigenvalue weighted by molar-refractivity contribution is 0.522. The Bertz CT molecular complexity index is 2000. The third-order valence-electron chi connectivity index (χ3n) is 9.62. The van der Waals surface area contributed by atoms with E-state index in [1.165, 1.54) is 33.4 Å². The number of aromatic nitrogens is 3. The van der Waals surface area contributed by atoms with E-state index in [2.05, 4.69) is 138 Å². The third-order valence-corrected chi connectivity index (χ3v) is 9.62. The summed E-state index contributed by atoms with van der Waals surface area (Å²) in [6.07, 6.45) is 10.5. The number of aryl methyl sites for hydroxylation is 4. The van der Waals surface area contributed by atoms with E-state index in [4.69, 9.17) is 0 Å². The van der Waals surface area contributed by atoms with Crippen molar-refractivity contribution in [1.82, 2.24) is 15.0 Å². The van der Waals surface area contributed by atoms with E-state index in [0.29, 0.717) is 0 Å². The van der Waals surface area contributed by atoms with Crippen molar-refractivity contribution < 1.29 is 0 Å². The van der Waals surface area contributed by atoms with Crippen LogP contribution in [0.2, 0.25) is 0 Å². The topological polar surface area (TPSA) is 38.7 Å². The van der Waals surface area contributed by atoms with Gasteiger partial charge in [-0.1, -0.05) is 123 Å². The first-order valence-corrected chi connectivity index (χ1v) is 17.6. The van der Waals surface area contributed by atoms with Crippen LogP contribution in [0.4, 0.5) is 0 Å². The van der Waals surface area contributed by atoms with Gasteiger partial charge in [0.15, 0.2) is 0 Å². The van der Waals surface area contributed by atoms with Crippen LogP contribution >= 0.6 is 0 Å². The van der Waals surface area contributed by atoms with Gasteiger partial charge in [-0.3, -0.25) is 15.0 Å². The Labute approximate surface area is 296 Å². The van der Waals surface area contributed by atoms with Crippen LogP contribution in [-0.2, 0) is 37.5 Å². The average Bonchev–Trinajstić information content (AvgIpc) is 3.17. The van der Waals surface area contributed by atoms with Crippen molar-refractivity contribution in [3.63, 3.8) is 0 Å². The molecule has 0 unspecified atom stereocenters. The summed E-state index contributed by atoms with van der Waals surface area (Å²) in [7, 11) is 0. The molecule has 246 valence electrons. The summed E-state index contributed by atoms with van der Waals surface area (Å²) in [5.74, 6) is 0. The lowest BCUT2D eigenvalue weighted by Gasteiger charge is -2.26. The fourth-order valence-corrected chi connectivity index (χ4v) is 6.80. The van der Waals surface area contributed by atoms with E-state index in [1.807, 2.05) is 55.0 Å². The Morgan fingerprint density at radius 2 is 0.740 bits per heavy atom. The minimum absolute atomic E-state index is 0.0266. The molecule has 7 rings (SSSR count). The molecule has 0 spiro atoms. The van der Waals surface area contributed by atoms with Crippen molar-refractivity contribution in [2.24, 2.45) is 0 Å². The standard InChI is InChI=1S/C47H43N3/c1-47(2,43-26-24-42(25-27-43)46-11-5-8-30-50-46)34-39-32-37(14-12-35-16-20-40(21-17-35)44-9-3-6-28-48-44)31-38(33-39)15-13-36-18-22-41(23-19-36)45-10-4-7-29-49-45/h3-11,16-33H,12-15,34H2,1-2H3. The van der Waals surface area contributed by atoms with Gasteiger partial charge in [0.25, 0.3) is 0 Å². The van der Waals surface area contributed by atoms with E-state index < -0.39 is 0 Å². The number of pyridine rings is 3. The molecule has 0 radical (unpaired) electrons. The molecular weight excluding hydrogens is 607 g/mol. The normalized spacial score (nSPS) is 11.4. The number of hydrogen-bond donors (Lipinski definition) is 0. The molecule has 4 aromatic carbocycles. The first kappa shape index (κ1) is 32.9. The second kappa shape index (κ2) is 15.3. The Kier molecular flexibility index (Phi) is 10.0. The van der Waals surface area contributed by atoms with Crippen LogP contribution in [0.3, 0.4) is 0 Å². The number of benzene rings is 4. The van der Waals surface area contributed by atoms with Crippen molar-refractivity contribution >= 4 is 0 Å². The van der Waals surface area contributed by atoms with Crippen LogP contribution in [-0.4, -0.2) is 15.0 Å². The third kappa shape index (κ3) is 8.30. The van der Waals surface area contributed by atoms with Crippen molar-refractivity contribution in [3.8, 4) is 33.8 Å². The zero-order valence-corrected chi connectivity index (χ0v) is 29.0. The van der Waals surface area contributed by atoms with Crippen molar-refractivity contribution in [2.45, 2.75) is 51.4 Å². The zero-order valence-electron chi connectivity index (χ0n) is 29.0. The first-order chi connectivity index (χ1) is 24.5. The maximum absolute atomic E-state index is 4.54. The minimum Gasteiger partial charge on any atom is -0.256 e. The molecule has 3 heteroatoms. The summed E-state index contributed by atoms with van der Waals surface area (Å²) in [4.78, 5) is 13.6. The fraction of sp³-hybridized carbons (Fsp3) is 0.170. The molecule has 0 aliphatic heterocycles. The van der Waals surface area contributed by atoms with Crippen LogP contribution in [0.25, 0.3) is 33.8 Å². The molecule has 3 nitrogen and oxygen atoms in total. The van der Waals surface area contributed by atoms with Gasteiger partial charge >= 0.3 is 0 Å². The molecule has 0 saturated carbocycles. The fourth-order valence-electron chi connectivity index (χ4n) is 6.80. The van der Waals surface area contributed by atoms with Crippen LogP contribution < -0.4 is 0 Å². The van der Waals surface area contributed by atoms with Gasteiger partial charge in [0, 0.05) is 35.3 Å². The van der Waals surface area contributed by atoms with Crippen LogP contribution in [0.5, 0.6) is 0 Å². The average molecular weight is 650 g/mol. The van der Waals surface area contributed by atoms with Crippen molar-refractivity contribution in [2.75, 3.05) is 0 Å². The molecule has 3 heterocycles. The number of rotatable bonds is 12. The molecular formula is C47H43N3. The summed E-state index contributed by atoms with van der Waals surface area (Å²) >= 11 is 0. The van der Waals surface area contributed by atoms with Gasteiger partial charge in [0.1, 0.15) is 0 Å². The highest BCUT2D eigenvalue weighted by molar-refractivity contribution is 5.61. The first-order valence-electron chi connectivity index (χ1n) is 17.6. The van der Waals surface area contributed by atoms with Crippen molar-refractivity contribution in [1.29, 1.82) is 0 Å². The summed E-state index contributed by atoms with van der Waals surface area (Å²) in [5, 5.41) is 0. The van der Waals surface area contributed by atoms with Gasteiger partial charge in [-0.25, -0.2) is 0 Å². The highest BCUT2D eigenvalue weighted by Gasteiger charge is 2.22. The molecule has 0 N–H and O–H groups in total. The van der Waals surface area contributed by atoms with Gasteiger partial charge in [-0.2, -0.15) is 0 Å². The Balaban J connectivity index is 1.09. The number of nitrogens with zero attached hydrogens (tertiary/aromatic N) is 3. The van der Waals surface area contributed by atoms with Crippen LogP contribution in [0.15, 0.2) is 164 Å². The highest BCUT2D eigenvalue weighted by atomic mass is 14.7. The summed E-state index contributed by atoms with van der Waals surface area (Å²) < 4.78 is 0. The van der Waals surface area contributed by atoms with E-state index in [9.17, 15) is 0 Å². The van der Waals surface area contributed by atoms with E-state index in [0.717, 1.165) is 65.9 Å². The van der Waals surface area contributed by atoms with E-state index >= 15 is 0 Å². The molecule has 0 amide bonds. The Morgan fingerprint density at radius 1 is 0.380 bits per heavy atom. The van der Waals surface area contributed by atoms with Gasteiger partial charge in [0.2, 0.25) is 0 Å². The van der Waals surface area contributed by atoms with Gasteiger partial charge < -0.3 is 0 Å². The molecule has 0 aliphatic carbocycles.